The Labute approximate surface area is 229 Å². The molecule has 4 heterocycles. The van der Waals surface area contributed by atoms with E-state index >= 15 is 4.39 Å². The molecule has 0 radical (unpaired) electrons. The maximum absolute atomic E-state index is 15.0. The highest BCUT2D eigenvalue weighted by atomic mass is 32.2. The fraction of sp³-hybridized carbons (Fsp3) is 0.240. The molecule has 1 aliphatic heterocycles. The van der Waals surface area contributed by atoms with Gasteiger partial charge in [0.1, 0.15) is 11.6 Å². The van der Waals surface area contributed by atoms with Crippen LogP contribution < -0.4 is 10.6 Å². The molecule has 39 heavy (non-hydrogen) atoms. The summed E-state index contributed by atoms with van der Waals surface area (Å²) in [6, 6.07) is 12.1. The predicted octanol–water partition coefficient (Wildman–Crippen LogP) is 4.28. The third-order valence-corrected chi connectivity index (χ3v) is 7.96. The fourth-order valence-electron chi connectivity index (χ4n) is 4.06. The number of carbonyl (C=O) groups excluding carboxylic acids is 1. The number of amides is 2. The van der Waals surface area contributed by atoms with Gasteiger partial charge in [-0.05, 0) is 54.2 Å². The molecule has 0 unspecified atom stereocenters. The van der Waals surface area contributed by atoms with Crippen molar-refractivity contribution in [3.63, 3.8) is 0 Å². The molecule has 0 bridgehead atoms. The smallest absolute Gasteiger partial charge is 0.321 e. The van der Waals surface area contributed by atoms with Gasteiger partial charge in [0.05, 0.1) is 34.0 Å². The molecule has 10 nitrogen and oxygen atoms in total. The van der Waals surface area contributed by atoms with E-state index in [1.807, 2.05) is 0 Å². The lowest BCUT2D eigenvalue weighted by atomic mass is 10.1. The zero-order valence-electron chi connectivity index (χ0n) is 20.4. The topological polar surface area (TPSA) is 110 Å². The largest absolute Gasteiger partial charge is 0.379 e. The van der Waals surface area contributed by atoms with Gasteiger partial charge in [0, 0.05) is 37.8 Å². The van der Waals surface area contributed by atoms with Gasteiger partial charge in [0.2, 0.25) is 5.16 Å². The number of nitrogens with one attached hydrogen (secondary N) is 2. The Morgan fingerprint density at radius 1 is 1.08 bits per heavy atom. The van der Waals surface area contributed by atoms with Crippen LogP contribution in [0.2, 0.25) is 0 Å². The molecule has 0 aliphatic carbocycles. The van der Waals surface area contributed by atoms with Crippen LogP contribution >= 0.6 is 23.1 Å². The molecule has 0 saturated carbocycles. The second-order valence-electron chi connectivity index (χ2n) is 8.68. The van der Waals surface area contributed by atoms with Crippen molar-refractivity contribution in [2.24, 2.45) is 0 Å². The van der Waals surface area contributed by atoms with E-state index in [4.69, 9.17) is 4.74 Å². The first-order chi connectivity index (χ1) is 19.0. The van der Waals surface area contributed by atoms with Crippen molar-refractivity contribution in [3.05, 3.63) is 60.2 Å². The molecule has 1 fully saturated rings. The summed E-state index contributed by atoms with van der Waals surface area (Å²) in [5.41, 5.74) is 2.26. The number of hydrogen-bond acceptors (Lipinski definition) is 9. The van der Waals surface area contributed by atoms with E-state index in [0.29, 0.717) is 56.5 Å². The first-order valence-corrected chi connectivity index (χ1v) is 13.8. The Morgan fingerprint density at radius 2 is 1.90 bits per heavy atom. The number of hydrogen-bond donors (Lipinski definition) is 2. The van der Waals surface area contributed by atoms with Gasteiger partial charge in [-0.2, -0.15) is 9.61 Å². The molecular formula is C25H22F2N8O2S2. The monoisotopic (exact) mass is 568 g/mol. The van der Waals surface area contributed by atoms with Crippen LogP contribution in [0.3, 0.4) is 0 Å². The number of fused-ring (bicyclic) bond motifs is 2. The molecule has 2 aromatic carbocycles. The quantitative estimate of drug-likeness (QED) is 0.300. The number of rotatable bonds is 7. The SMILES string of the molecule is O=C(NCCN1CCOCC1)Nc1nc2cc(F)c(Sc3nnc4ccc(-c5ccc(F)cc5)nn34)cc2s1. The van der Waals surface area contributed by atoms with Crippen LogP contribution in [0.5, 0.6) is 0 Å². The summed E-state index contributed by atoms with van der Waals surface area (Å²) in [5, 5.41) is 19.1. The van der Waals surface area contributed by atoms with Crippen LogP contribution in [0.25, 0.3) is 27.1 Å². The van der Waals surface area contributed by atoms with Gasteiger partial charge in [-0.3, -0.25) is 10.2 Å². The molecule has 14 heteroatoms. The number of halogens is 2. The number of aromatic nitrogens is 5. The fourth-order valence-corrected chi connectivity index (χ4v) is 5.85. The number of carbonyl (C=O) groups is 1. The first-order valence-electron chi connectivity index (χ1n) is 12.1. The Bertz CT molecular complexity index is 1640. The van der Waals surface area contributed by atoms with Gasteiger partial charge in [0.15, 0.2) is 10.8 Å². The summed E-state index contributed by atoms with van der Waals surface area (Å²) >= 11 is 2.32. The number of anilines is 1. The van der Waals surface area contributed by atoms with Crippen LogP contribution in [-0.2, 0) is 4.74 Å². The normalized spacial score (nSPS) is 14.2. The minimum absolute atomic E-state index is 0.316. The van der Waals surface area contributed by atoms with Gasteiger partial charge < -0.3 is 10.1 Å². The highest BCUT2D eigenvalue weighted by Crippen LogP contribution is 2.35. The number of morpholine rings is 1. The third-order valence-electron chi connectivity index (χ3n) is 6.06. The molecule has 6 rings (SSSR count). The van der Waals surface area contributed by atoms with Gasteiger partial charge in [0.25, 0.3) is 0 Å². The average Bonchev–Trinajstić information content (AvgIpc) is 3.52. The number of benzene rings is 2. The lowest BCUT2D eigenvalue weighted by molar-refractivity contribution is 0.0388. The molecule has 1 saturated heterocycles. The van der Waals surface area contributed by atoms with E-state index in [0.717, 1.165) is 37.0 Å². The second kappa shape index (κ2) is 11.2. The lowest BCUT2D eigenvalue weighted by Gasteiger charge is -2.26. The molecular weight excluding hydrogens is 546 g/mol. The van der Waals surface area contributed by atoms with Crippen molar-refractivity contribution in [2.45, 2.75) is 10.1 Å². The van der Waals surface area contributed by atoms with Gasteiger partial charge >= 0.3 is 6.03 Å². The van der Waals surface area contributed by atoms with Gasteiger partial charge in [-0.25, -0.2) is 18.6 Å². The van der Waals surface area contributed by atoms with E-state index in [1.54, 1.807) is 30.3 Å². The second-order valence-corrected chi connectivity index (χ2v) is 10.7. The summed E-state index contributed by atoms with van der Waals surface area (Å²) < 4.78 is 35.9. The summed E-state index contributed by atoms with van der Waals surface area (Å²) in [6.45, 7) is 4.34. The van der Waals surface area contributed by atoms with Crippen molar-refractivity contribution in [1.82, 2.24) is 35.0 Å². The highest BCUT2D eigenvalue weighted by molar-refractivity contribution is 7.99. The molecule has 0 atom stereocenters. The van der Waals surface area contributed by atoms with Crippen molar-refractivity contribution < 1.29 is 18.3 Å². The predicted molar refractivity (Wildman–Crippen MR) is 144 cm³/mol. The minimum atomic E-state index is -0.481. The molecule has 200 valence electrons. The Balaban J connectivity index is 1.16. The molecule has 2 amide bonds. The zero-order valence-corrected chi connectivity index (χ0v) is 22.1. The van der Waals surface area contributed by atoms with Crippen molar-refractivity contribution in [2.75, 3.05) is 44.7 Å². The summed E-state index contributed by atoms with van der Waals surface area (Å²) in [7, 11) is 0. The first kappa shape index (κ1) is 25.6. The van der Waals surface area contributed by atoms with E-state index < -0.39 is 5.82 Å². The maximum Gasteiger partial charge on any atom is 0.321 e. The number of urea groups is 1. The van der Waals surface area contributed by atoms with Crippen molar-refractivity contribution in [3.8, 4) is 11.3 Å². The third kappa shape index (κ3) is 5.83. The Hall–Kier alpha value is -3.72. The van der Waals surface area contributed by atoms with Crippen molar-refractivity contribution in [1.29, 1.82) is 0 Å². The number of thiazole rings is 1. The molecule has 2 N–H and O–H groups in total. The van der Waals surface area contributed by atoms with E-state index in [9.17, 15) is 9.18 Å². The number of nitrogens with zero attached hydrogens (tertiary/aromatic N) is 6. The van der Waals surface area contributed by atoms with Gasteiger partial charge in [-0.15, -0.1) is 10.2 Å². The number of ether oxygens (including phenoxy) is 1. The van der Waals surface area contributed by atoms with E-state index in [1.165, 1.54) is 34.1 Å². The van der Waals surface area contributed by atoms with Crippen LogP contribution in [0.4, 0.5) is 18.7 Å². The van der Waals surface area contributed by atoms with E-state index in [2.05, 4.69) is 35.8 Å². The average molecular weight is 569 g/mol. The highest BCUT2D eigenvalue weighted by Gasteiger charge is 2.17. The molecule has 5 aromatic rings. The standard InChI is InChI=1S/C25H22F2N8O2S2/c26-16-3-1-15(2-4-16)18-5-6-22-31-32-25(35(22)33-18)39-20-14-21-19(13-17(20)27)29-24(38-21)30-23(36)28-7-8-34-9-11-37-12-10-34/h1-6,13-14H,7-12H2,(H2,28,29,30,36). The van der Waals surface area contributed by atoms with Gasteiger partial charge in [-0.1, -0.05) is 11.3 Å². The summed E-state index contributed by atoms with van der Waals surface area (Å²) in [4.78, 5) is 19.2. The molecule has 0 spiro atoms. The van der Waals surface area contributed by atoms with E-state index in [-0.39, 0.29) is 11.8 Å². The zero-order chi connectivity index (χ0) is 26.8. The van der Waals surface area contributed by atoms with Crippen LogP contribution in [-0.4, -0.2) is 75.1 Å². The summed E-state index contributed by atoms with van der Waals surface area (Å²) in [6.07, 6.45) is 0. The minimum Gasteiger partial charge on any atom is -0.379 e. The summed E-state index contributed by atoms with van der Waals surface area (Å²) in [5.74, 6) is -0.817. The van der Waals surface area contributed by atoms with Crippen LogP contribution in [0.1, 0.15) is 0 Å². The Morgan fingerprint density at radius 3 is 2.72 bits per heavy atom. The van der Waals surface area contributed by atoms with Crippen molar-refractivity contribution >= 4 is 50.1 Å². The molecule has 1 aliphatic rings. The maximum atomic E-state index is 15.0. The van der Waals surface area contributed by atoms with Crippen LogP contribution in [0, 0.1) is 11.6 Å². The lowest BCUT2D eigenvalue weighted by Crippen LogP contribution is -2.42. The van der Waals surface area contributed by atoms with Crippen LogP contribution in [0.15, 0.2) is 58.6 Å². The molecule has 3 aromatic heterocycles. The Kier molecular flexibility index (Phi) is 7.32.